The van der Waals surface area contributed by atoms with Gasteiger partial charge in [-0.2, -0.15) is 0 Å². The Kier molecular flexibility index (Phi) is 8.23. The van der Waals surface area contributed by atoms with Gasteiger partial charge in [0.05, 0.1) is 33.4 Å². The Morgan fingerprint density at radius 2 is 0.656 bits per heavy atom. The van der Waals surface area contributed by atoms with Crippen LogP contribution in [0.2, 0.25) is 0 Å². The van der Waals surface area contributed by atoms with Gasteiger partial charge >= 0.3 is 0 Å². The molecule has 13 rings (SSSR count). The molecule has 2 aromatic heterocycles. The van der Waals surface area contributed by atoms with E-state index < -0.39 is 8.07 Å². The minimum Gasteiger partial charge on any atom is -0.310 e. The van der Waals surface area contributed by atoms with Crippen molar-refractivity contribution in [1.82, 2.24) is 9.13 Å². The normalized spacial score (nSPS) is 13.1. The van der Waals surface area contributed by atoms with Gasteiger partial charge in [0.2, 0.25) is 0 Å². The molecule has 3 heterocycles. The second-order valence-corrected chi connectivity index (χ2v) is 20.5. The van der Waals surface area contributed by atoms with Crippen LogP contribution < -0.4 is 25.6 Å². The number of aromatic nitrogens is 2. The van der Waals surface area contributed by atoms with Crippen molar-refractivity contribution in [2.45, 2.75) is 0 Å². The van der Waals surface area contributed by atoms with Crippen molar-refractivity contribution in [2.24, 2.45) is 0 Å². The fourth-order valence-corrected chi connectivity index (χ4v) is 16.1. The maximum Gasteiger partial charge on any atom is 0.184 e. The molecule has 0 fully saturated rings. The molecule has 10 aromatic carbocycles. The van der Waals surface area contributed by atoms with Gasteiger partial charge in [0.15, 0.2) is 8.07 Å². The first-order valence-corrected chi connectivity index (χ1v) is 24.1. The summed E-state index contributed by atoms with van der Waals surface area (Å²) in [6, 6.07) is 92.2. The van der Waals surface area contributed by atoms with Crippen LogP contribution in [0.15, 0.2) is 249 Å². The summed E-state index contributed by atoms with van der Waals surface area (Å²) in [4.78, 5) is 2.54. The fraction of sp³-hybridized carbons (Fsp3) is 0. The van der Waals surface area contributed by atoms with Crippen LogP contribution in [0, 0.1) is 0 Å². The Morgan fingerprint density at radius 3 is 1.22 bits per heavy atom. The second kappa shape index (κ2) is 14.5. The lowest BCUT2D eigenvalue weighted by atomic mass is 9.99. The lowest BCUT2D eigenvalue weighted by Gasteiger charge is -2.45. The number of anilines is 3. The number of fused-ring (bicyclic) bond motifs is 8. The Balaban J connectivity index is 1.03. The summed E-state index contributed by atoms with van der Waals surface area (Å²) in [5.74, 6) is 0. The van der Waals surface area contributed by atoms with Crippen molar-refractivity contribution in [2.75, 3.05) is 4.90 Å². The van der Waals surface area contributed by atoms with Crippen LogP contribution in [0.1, 0.15) is 0 Å². The van der Waals surface area contributed by atoms with E-state index in [0.29, 0.717) is 0 Å². The minimum absolute atomic E-state index is 1.14. The second-order valence-electron chi connectivity index (χ2n) is 16.8. The molecule has 3 nitrogen and oxygen atoms in total. The van der Waals surface area contributed by atoms with E-state index in [2.05, 4.69) is 263 Å². The molecule has 1 aliphatic rings. The van der Waals surface area contributed by atoms with Gasteiger partial charge in [-0.3, -0.25) is 0 Å². The van der Waals surface area contributed by atoms with E-state index >= 15 is 0 Å². The number of hydrogen-bond donors (Lipinski definition) is 0. The smallest absolute Gasteiger partial charge is 0.184 e. The monoisotopic (exact) mass is 831 g/mol. The fourth-order valence-electron chi connectivity index (χ4n) is 11.0. The number of para-hydroxylation sites is 7. The maximum absolute atomic E-state index is 2.77. The number of rotatable bonds is 6. The summed E-state index contributed by atoms with van der Waals surface area (Å²) >= 11 is 0. The average molecular weight is 832 g/mol. The van der Waals surface area contributed by atoms with E-state index in [1.807, 2.05) is 0 Å². The molecule has 0 spiro atoms. The highest BCUT2D eigenvalue weighted by Gasteiger charge is 2.48. The zero-order valence-electron chi connectivity index (χ0n) is 35.0. The molecule has 0 unspecified atom stereocenters. The van der Waals surface area contributed by atoms with Crippen molar-refractivity contribution in [1.29, 1.82) is 0 Å². The van der Waals surface area contributed by atoms with Crippen LogP contribution in [-0.4, -0.2) is 17.2 Å². The van der Waals surface area contributed by atoms with Gasteiger partial charge in [0.1, 0.15) is 0 Å². The summed E-state index contributed by atoms with van der Waals surface area (Å²) in [6.07, 6.45) is 0. The number of hydrogen-bond acceptors (Lipinski definition) is 1. The van der Waals surface area contributed by atoms with E-state index in [-0.39, 0.29) is 0 Å². The molecule has 0 atom stereocenters. The Bertz CT molecular complexity index is 3610. The summed E-state index contributed by atoms with van der Waals surface area (Å²) in [5.41, 5.74) is 13.0. The van der Waals surface area contributed by atoms with Crippen LogP contribution >= 0.6 is 0 Å². The Labute approximate surface area is 373 Å². The van der Waals surface area contributed by atoms with Crippen molar-refractivity contribution in [3.05, 3.63) is 249 Å². The van der Waals surface area contributed by atoms with Crippen molar-refractivity contribution in [3.8, 4) is 22.5 Å². The molecule has 12 aromatic rings. The van der Waals surface area contributed by atoms with E-state index in [1.165, 1.54) is 86.9 Å². The third-order valence-electron chi connectivity index (χ3n) is 13.6. The third kappa shape index (κ3) is 5.21. The zero-order valence-corrected chi connectivity index (χ0v) is 36.0. The minimum atomic E-state index is -2.77. The lowest BCUT2D eigenvalue weighted by Crippen LogP contribution is -2.77. The molecule has 0 saturated carbocycles. The van der Waals surface area contributed by atoms with Gasteiger partial charge in [0, 0.05) is 49.7 Å². The standard InChI is InChI=1S/C60H41N3Si/c1-3-21-43(22-4-1)64(44-23-5-2-6-24-44)59-37-19-17-35-57(59)63(58-36-18-20-38-60(58)64)54-33-15-10-28-48(54)47-27-9-14-32-53(47)62-55-34-16-11-29-49(55)50-41-42(39-40-56(50)62)61-51-30-12-7-25-45(51)46-26-8-13-31-52(46)61/h1-41H. The summed E-state index contributed by atoms with van der Waals surface area (Å²) in [6.45, 7) is 0. The molecular weight excluding hydrogens is 791 g/mol. The first kappa shape index (κ1) is 36.5. The van der Waals surface area contributed by atoms with E-state index in [1.54, 1.807) is 0 Å². The van der Waals surface area contributed by atoms with E-state index in [9.17, 15) is 0 Å². The highest BCUT2D eigenvalue weighted by atomic mass is 28.3. The number of nitrogens with zero attached hydrogens (tertiary/aromatic N) is 3. The molecule has 0 N–H and O–H groups in total. The Morgan fingerprint density at radius 1 is 0.266 bits per heavy atom. The molecule has 0 amide bonds. The molecular formula is C60H41N3Si. The largest absolute Gasteiger partial charge is 0.310 e. The molecule has 0 saturated heterocycles. The van der Waals surface area contributed by atoms with Crippen molar-refractivity contribution < 1.29 is 0 Å². The highest BCUT2D eigenvalue weighted by Crippen LogP contribution is 2.45. The molecule has 0 bridgehead atoms. The molecule has 1 aliphatic heterocycles. The van der Waals surface area contributed by atoms with Gasteiger partial charge in [-0.1, -0.05) is 188 Å². The van der Waals surface area contributed by atoms with E-state index in [4.69, 9.17) is 0 Å². The van der Waals surface area contributed by atoms with Crippen molar-refractivity contribution >= 4 is 89.5 Å². The van der Waals surface area contributed by atoms with Gasteiger partial charge in [0.25, 0.3) is 0 Å². The molecule has 64 heavy (non-hydrogen) atoms. The molecule has 0 radical (unpaired) electrons. The van der Waals surface area contributed by atoms with Gasteiger partial charge in [-0.05, 0) is 81.4 Å². The maximum atomic E-state index is 2.54. The molecule has 300 valence electrons. The topological polar surface area (TPSA) is 13.1 Å². The highest BCUT2D eigenvalue weighted by molar-refractivity contribution is 7.21. The van der Waals surface area contributed by atoms with Crippen LogP contribution in [-0.2, 0) is 0 Å². The van der Waals surface area contributed by atoms with Crippen LogP contribution in [0.3, 0.4) is 0 Å². The predicted molar refractivity (Wildman–Crippen MR) is 272 cm³/mol. The Hall–Kier alpha value is -8.18. The van der Waals surface area contributed by atoms with Crippen LogP contribution in [0.25, 0.3) is 66.1 Å². The van der Waals surface area contributed by atoms with E-state index in [0.717, 1.165) is 17.1 Å². The van der Waals surface area contributed by atoms with Gasteiger partial charge < -0.3 is 14.0 Å². The summed E-state index contributed by atoms with van der Waals surface area (Å²) < 4.78 is 4.90. The summed E-state index contributed by atoms with van der Waals surface area (Å²) in [5, 5.41) is 10.5. The third-order valence-corrected chi connectivity index (χ3v) is 18.4. The van der Waals surface area contributed by atoms with Crippen molar-refractivity contribution in [3.63, 3.8) is 0 Å². The molecule has 0 aliphatic carbocycles. The lowest BCUT2D eigenvalue weighted by molar-refractivity contribution is 1.16. The van der Waals surface area contributed by atoms with Crippen LogP contribution in [0.5, 0.6) is 0 Å². The summed E-state index contributed by atoms with van der Waals surface area (Å²) in [7, 11) is -2.77. The first-order valence-electron chi connectivity index (χ1n) is 22.1. The molecule has 4 heteroatoms. The van der Waals surface area contributed by atoms with Crippen LogP contribution in [0.4, 0.5) is 17.1 Å². The van der Waals surface area contributed by atoms with Gasteiger partial charge in [-0.25, -0.2) is 0 Å². The van der Waals surface area contributed by atoms with Gasteiger partial charge in [-0.15, -0.1) is 0 Å². The number of benzene rings is 10. The average Bonchev–Trinajstić information content (AvgIpc) is 3.89. The quantitative estimate of drug-likeness (QED) is 0.152. The first-order chi connectivity index (χ1) is 31.8. The predicted octanol–water partition coefficient (Wildman–Crippen LogP) is 12.7. The SMILES string of the molecule is c1ccc([Si]2(c3ccccc3)c3ccccc3N(c3ccccc3-c3ccccc3-n3c4ccccc4c4cc(-n5c6ccccc6c6ccccc65)ccc43)c3ccccc32)cc1. The zero-order chi connectivity index (χ0) is 42.2.